The maximum absolute atomic E-state index is 13.0. The Morgan fingerprint density at radius 3 is 2.55 bits per heavy atom. The molecule has 1 atom stereocenters. The summed E-state index contributed by atoms with van der Waals surface area (Å²) in [5, 5.41) is 15.5. The first-order valence-corrected chi connectivity index (χ1v) is 10.5. The molecule has 1 aliphatic heterocycles. The van der Waals surface area contributed by atoms with E-state index in [2.05, 4.69) is 15.0 Å². The number of anilines is 1. The third kappa shape index (κ3) is 4.93. The molecule has 0 amide bonds. The van der Waals surface area contributed by atoms with Gasteiger partial charge < -0.3 is 9.42 Å². The lowest BCUT2D eigenvalue weighted by Gasteiger charge is -2.37. The van der Waals surface area contributed by atoms with Crippen molar-refractivity contribution in [3.05, 3.63) is 69.1 Å². The zero-order valence-electron chi connectivity index (χ0n) is 17.4. The Morgan fingerprint density at radius 2 is 1.88 bits per heavy atom. The van der Waals surface area contributed by atoms with Gasteiger partial charge in [0, 0.05) is 42.8 Å². The Bertz CT molecular complexity index is 1160. The molecule has 2 aromatic carbocycles. The summed E-state index contributed by atoms with van der Waals surface area (Å²) in [6, 6.07) is 9.07. The first kappa shape index (κ1) is 23.0. The Hall–Kier alpha value is -3.18. The number of nitrogens with zero attached hydrogens (tertiary/aromatic N) is 5. The van der Waals surface area contributed by atoms with E-state index >= 15 is 0 Å². The lowest BCUT2D eigenvalue weighted by atomic mass is 10.1. The van der Waals surface area contributed by atoms with Crippen molar-refractivity contribution in [1.29, 1.82) is 0 Å². The fraction of sp³-hybridized carbons (Fsp3) is 0.333. The monoisotopic (exact) mass is 481 g/mol. The standard InChI is InChI=1S/C21H19ClF3N5O3/c1-13(20-26-19(27-33-20)14-3-2-4-15(11-14)21(23,24)25)28-7-9-29(10-8-28)17-6-5-16(22)12-18(17)30(31)32/h2-6,11-13H,7-10H2,1H3/t13-/m1/s1. The second kappa shape index (κ2) is 8.99. The predicted molar refractivity (Wildman–Crippen MR) is 115 cm³/mol. The van der Waals surface area contributed by atoms with Gasteiger partial charge in [-0.2, -0.15) is 18.2 Å². The smallest absolute Gasteiger partial charge is 0.363 e. The van der Waals surface area contributed by atoms with E-state index in [1.54, 1.807) is 12.1 Å². The van der Waals surface area contributed by atoms with Crippen molar-refractivity contribution >= 4 is 23.0 Å². The molecule has 1 aromatic heterocycles. The number of hydrogen-bond acceptors (Lipinski definition) is 7. The summed E-state index contributed by atoms with van der Waals surface area (Å²) in [5.41, 5.74) is -0.119. The SMILES string of the molecule is C[C@H](c1nc(-c2cccc(C(F)(F)F)c2)no1)N1CCN(c2ccc(Cl)cc2[N+](=O)[O-])CC1. The van der Waals surface area contributed by atoms with Crippen molar-refractivity contribution in [3.63, 3.8) is 0 Å². The highest BCUT2D eigenvalue weighted by atomic mass is 35.5. The number of benzene rings is 2. The van der Waals surface area contributed by atoms with Crippen molar-refractivity contribution in [3.8, 4) is 11.4 Å². The van der Waals surface area contributed by atoms with Gasteiger partial charge in [0.15, 0.2) is 0 Å². The largest absolute Gasteiger partial charge is 0.416 e. The fourth-order valence-corrected chi connectivity index (χ4v) is 3.94. The van der Waals surface area contributed by atoms with Gasteiger partial charge in [-0.25, -0.2) is 0 Å². The molecule has 1 fully saturated rings. The molecular formula is C21H19ClF3N5O3. The van der Waals surface area contributed by atoms with Crippen LogP contribution in [0.2, 0.25) is 5.02 Å². The van der Waals surface area contributed by atoms with E-state index < -0.39 is 16.7 Å². The molecule has 0 bridgehead atoms. The molecule has 0 saturated carbocycles. The fourth-order valence-electron chi connectivity index (χ4n) is 3.77. The van der Waals surface area contributed by atoms with E-state index in [9.17, 15) is 23.3 Å². The molecular weight excluding hydrogens is 463 g/mol. The molecule has 174 valence electrons. The topological polar surface area (TPSA) is 88.5 Å². The number of halogens is 4. The van der Waals surface area contributed by atoms with Gasteiger partial charge in [0.05, 0.1) is 16.5 Å². The van der Waals surface area contributed by atoms with Gasteiger partial charge in [0.25, 0.3) is 5.69 Å². The van der Waals surface area contributed by atoms with Crippen LogP contribution in [0.3, 0.4) is 0 Å². The van der Waals surface area contributed by atoms with Crippen LogP contribution in [-0.4, -0.2) is 46.1 Å². The van der Waals surface area contributed by atoms with Crippen LogP contribution in [0.4, 0.5) is 24.5 Å². The summed E-state index contributed by atoms with van der Waals surface area (Å²) in [7, 11) is 0. The van der Waals surface area contributed by atoms with Gasteiger partial charge in [-0.1, -0.05) is 28.9 Å². The van der Waals surface area contributed by atoms with E-state index in [0.29, 0.717) is 36.9 Å². The molecule has 0 unspecified atom stereocenters. The van der Waals surface area contributed by atoms with E-state index in [-0.39, 0.29) is 29.0 Å². The molecule has 33 heavy (non-hydrogen) atoms. The van der Waals surface area contributed by atoms with Gasteiger partial charge in [-0.05, 0) is 31.2 Å². The quantitative estimate of drug-likeness (QED) is 0.365. The maximum Gasteiger partial charge on any atom is 0.416 e. The van der Waals surface area contributed by atoms with Crippen LogP contribution in [0.5, 0.6) is 0 Å². The van der Waals surface area contributed by atoms with Crippen molar-refractivity contribution in [2.24, 2.45) is 0 Å². The summed E-state index contributed by atoms with van der Waals surface area (Å²) in [6.07, 6.45) is -4.46. The van der Waals surface area contributed by atoms with Gasteiger partial charge in [-0.3, -0.25) is 15.0 Å². The van der Waals surface area contributed by atoms with Gasteiger partial charge in [0.2, 0.25) is 11.7 Å². The van der Waals surface area contributed by atoms with Crippen molar-refractivity contribution < 1.29 is 22.6 Å². The van der Waals surface area contributed by atoms with Gasteiger partial charge >= 0.3 is 6.18 Å². The highest BCUT2D eigenvalue weighted by Crippen LogP contribution is 2.34. The maximum atomic E-state index is 13.0. The van der Waals surface area contributed by atoms with E-state index in [4.69, 9.17) is 16.1 Å². The van der Waals surface area contributed by atoms with E-state index in [1.807, 2.05) is 11.8 Å². The lowest BCUT2D eigenvalue weighted by Crippen LogP contribution is -2.47. The highest BCUT2D eigenvalue weighted by molar-refractivity contribution is 6.30. The van der Waals surface area contributed by atoms with E-state index in [0.717, 1.165) is 12.1 Å². The molecule has 0 radical (unpaired) electrons. The lowest BCUT2D eigenvalue weighted by molar-refractivity contribution is -0.384. The normalized spacial score (nSPS) is 16.1. The van der Waals surface area contributed by atoms with Crippen LogP contribution in [0.25, 0.3) is 11.4 Å². The third-order valence-corrected chi connectivity index (χ3v) is 5.82. The second-order valence-corrected chi connectivity index (χ2v) is 8.06. The minimum absolute atomic E-state index is 0.0494. The zero-order chi connectivity index (χ0) is 23.8. The number of nitro groups is 1. The summed E-state index contributed by atoms with van der Waals surface area (Å²) in [5.74, 6) is 0.367. The van der Waals surface area contributed by atoms with Crippen LogP contribution in [0.15, 0.2) is 47.0 Å². The average molecular weight is 482 g/mol. The minimum atomic E-state index is -4.46. The molecule has 1 aliphatic rings. The first-order chi connectivity index (χ1) is 15.6. The Balaban J connectivity index is 1.45. The summed E-state index contributed by atoms with van der Waals surface area (Å²) in [4.78, 5) is 19.2. The molecule has 4 rings (SSSR count). The molecule has 2 heterocycles. The summed E-state index contributed by atoms with van der Waals surface area (Å²) < 4.78 is 44.3. The molecule has 1 saturated heterocycles. The van der Waals surface area contributed by atoms with Crippen LogP contribution in [-0.2, 0) is 6.18 Å². The number of piperazine rings is 1. The Morgan fingerprint density at radius 1 is 1.15 bits per heavy atom. The number of hydrogen-bond donors (Lipinski definition) is 0. The third-order valence-electron chi connectivity index (χ3n) is 5.58. The van der Waals surface area contributed by atoms with Crippen molar-refractivity contribution in [1.82, 2.24) is 15.0 Å². The van der Waals surface area contributed by atoms with Gasteiger partial charge in [-0.15, -0.1) is 0 Å². The van der Waals surface area contributed by atoms with Crippen LogP contribution in [0, 0.1) is 10.1 Å². The zero-order valence-corrected chi connectivity index (χ0v) is 18.2. The highest BCUT2D eigenvalue weighted by Gasteiger charge is 2.32. The number of rotatable bonds is 5. The number of aromatic nitrogens is 2. The van der Waals surface area contributed by atoms with Crippen LogP contribution in [0.1, 0.15) is 24.4 Å². The first-order valence-electron chi connectivity index (χ1n) is 10.1. The summed E-state index contributed by atoms with van der Waals surface area (Å²) in [6.45, 7) is 4.07. The molecule has 0 aliphatic carbocycles. The molecule has 3 aromatic rings. The van der Waals surface area contributed by atoms with E-state index in [1.165, 1.54) is 18.2 Å². The molecule has 0 N–H and O–H groups in total. The predicted octanol–water partition coefficient (Wildman–Crippen LogP) is 5.20. The molecule has 12 heteroatoms. The number of nitro benzene ring substituents is 1. The minimum Gasteiger partial charge on any atom is -0.363 e. The van der Waals surface area contributed by atoms with Crippen LogP contribution >= 0.6 is 11.6 Å². The van der Waals surface area contributed by atoms with Gasteiger partial charge in [0.1, 0.15) is 5.69 Å². The Labute approximate surface area is 191 Å². The van der Waals surface area contributed by atoms with Crippen molar-refractivity contribution in [2.45, 2.75) is 19.1 Å². The molecule has 8 nitrogen and oxygen atoms in total. The second-order valence-electron chi connectivity index (χ2n) is 7.62. The Kier molecular flexibility index (Phi) is 6.26. The van der Waals surface area contributed by atoms with Crippen LogP contribution < -0.4 is 4.90 Å². The van der Waals surface area contributed by atoms with Crippen molar-refractivity contribution in [2.75, 3.05) is 31.1 Å². The average Bonchev–Trinajstić information content (AvgIpc) is 3.28. The molecule has 0 spiro atoms. The summed E-state index contributed by atoms with van der Waals surface area (Å²) >= 11 is 5.90. The number of alkyl halides is 3.